The maximum atomic E-state index is 11.5. The van der Waals surface area contributed by atoms with E-state index < -0.39 is 18.4 Å². The van der Waals surface area contributed by atoms with Gasteiger partial charge in [0.1, 0.15) is 12.4 Å². The zero-order chi connectivity index (χ0) is 19.4. The van der Waals surface area contributed by atoms with E-state index in [0.717, 1.165) is 3.57 Å². The second-order valence-corrected chi connectivity index (χ2v) is 7.98. The Hall–Kier alpha value is -1.06. The number of esters is 2. The van der Waals surface area contributed by atoms with Crippen LogP contribution in [0.3, 0.4) is 0 Å². The molecule has 0 bridgehead atoms. The van der Waals surface area contributed by atoms with E-state index in [1.54, 1.807) is 12.1 Å². The second kappa shape index (κ2) is 9.23. The molecule has 0 aliphatic carbocycles. The first-order chi connectivity index (χ1) is 12.2. The van der Waals surface area contributed by atoms with Gasteiger partial charge in [-0.1, -0.05) is 25.4 Å². The molecule has 5 atom stereocenters. The van der Waals surface area contributed by atoms with Crippen molar-refractivity contribution in [2.75, 3.05) is 6.61 Å². The van der Waals surface area contributed by atoms with Crippen molar-refractivity contribution in [1.29, 1.82) is 0 Å². The molecule has 1 saturated heterocycles. The molecule has 0 N–H and O–H groups in total. The Bertz CT molecular complexity index is 665. The first-order valence-electron chi connectivity index (χ1n) is 8.26. The number of carbonyl (C=O) groups excluding carboxylic acids is 2. The molecular weight excluding hydrogens is 475 g/mol. The lowest BCUT2D eigenvalue weighted by molar-refractivity contribution is -0.253. The smallest absolute Gasteiger partial charge is 0.303 e. The van der Waals surface area contributed by atoms with Crippen molar-refractivity contribution in [3.05, 3.63) is 26.8 Å². The van der Waals surface area contributed by atoms with Crippen LogP contribution in [-0.2, 0) is 23.8 Å². The molecular formula is C18H22ClIO6. The zero-order valence-corrected chi connectivity index (χ0v) is 17.9. The fraction of sp³-hybridized carbons (Fsp3) is 0.556. The molecule has 1 fully saturated rings. The molecule has 0 saturated carbocycles. The van der Waals surface area contributed by atoms with E-state index in [0.29, 0.717) is 10.8 Å². The van der Waals surface area contributed by atoms with Crippen LogP contribution in [-0.4, -0.2) is 37.0 Å². The summed E-state index contributed by atoms with van der Waals surface area (Å²) in [5.74, 6) is -0.444. The summed E-state index contributed by atoms with van der Waals surface area (Å²) in [4.78, 5) is 22.7. The van der Waals surface area contributed by atoms with Gasteiger partial charge in [0.15, 0.2) is 6.10 Å². The normalized spacial score (nSPS) is 28.3. The summed E-state index contributed by atoms with van der Waals surface area (Å²) in [5, 5.41) is 0.435. The maximum absolute atomic E-state index is 11.5. The van der Waals surface area contributed by atoms with Gasteiger partial charge >= 0.3 is 11.9 Å². The summed E-state index contributed by atoms with van der Waals surface area (Å²) in [7, 11) is 0. The van der Waals surface area contributed by atoms with E-state index in [9.17, 15) is 9.59 Å². The van der Waals surface area contributed by atoms with Crippen molar-refractivity contribution in [3.8, 4) is 5.75 Å². The lowest BCUT2D eigenvalue weighted by Gasteiger charge is -2.43. The topological polar surface area (TPSA) is 71.1 Å². The molecule has 0 spiro atoms. The van der Waals surface area contributed by atoms with Crippen LogP contribution < -0.4 is 4.74 Å². The van der Waals surface area contributed by atoms with Crippen molar-refractivity contribution in [3.63, 3.8) is 0 Å². The summed E-state index contributed by atoms with van der Waals surface area (Å²) >= 11 is 8.39. The Morgan fingerprint density at radius 2 is 1.88 bits per heavy atom. The van der Waals surface area contributed by atoms with Crippen molar-refractivity contribution in [1.82, 2.24) is 0 Å². The first-order valence-corrected chi connectivity index (χ1v) is 9.72. The number of hydrogen-bond donors (Lipinski definition) is 0. The molecule has 26 heavy (non-hydrogen) atoms. The Morgan fingerprint density at radius 1 is 1.19 bits per heavy atom. The fourth-order valence-electron chi connectivity index (χ4n) is 2.80. The van der Waals surface area contributed by atoms with Gasteiger partial charge in [-0.15, -0.1) is 0 Å². The van der Waals surface area contributed by atoms with E-state index in [1.807, 2.05) is 19.9 Å². The van der Waals surface area contributed by atoms with Gasteiger partial charge in [-0.25, -0.2) is 0 Å². The van der Waals surface area contributed by atoms with Crippen LogP contribution in [0.2, 0.25) is 5.02 Å². The van der Waals surface area contributed by atoms with Gasteiger partial charge in [-0.3, -0.25) is 9.59 Å². The molecule has 1 aromatic carbocycles. The highest BCUT2D eigenvalue weighted by atomic mass is 127. The van der Waals surface area contributed by atoms with Gasteiger partial charge in [0.05, 0.1) is 11.1 Å². The van der Waals surface area contributed by atoms with Crippen molar-refractivity contribution in [2.24, 2.45) is 11.8 Å². The van der Waals surface area contributed by atoms with Crippen LogP contribution in [0.25, 0.3) is 0 Å². The average Bonchev–Trinajstić information content (AvgIpc) is 2.55. The minimum absolute atomic E-state index is 0.00857. The lowest BCUT2D eigenvalue weighted by Crippen LogP contribution is -2.54. The zero-order valence-electron chi connectivity index (χ0n) is 15.0. The highest BCUT2D eigenvalue weighted by Crippen LogP contribution is 2.36. The summed E-state index contributed by atoms with van der Waals surface area (Å²) < 4.78 is 23.4. The molecule has 2 rings (SSSR count). The van der Waals surface area contributed by atoms with E-state index in [2.05, 4.69) is 22.6 Å². The Balaban J connectivity index is 2.23. The van der Waals surface area contributed by atoms with E-state index in [4.69, 9.17) is 30.5 Å². The Morgan fingerprint density at radius 3 is 2.46 bits per heavy atom. The number of hydrogen-bond acceptors (Lipinski definition) is 6. The molecule has 0 amide bonds. The van der Waals surface area contributed by atoms with Crippen molar-refractivity contribution < 1.29 is 28.5 Å². The third-order valence-electron chi connectivity index (χ3n) is 4.40. The van der Waals surface area contributed by atoms with Crippen molar-refractivity contribution in [2.45, 2.75) is 46.2 Å². The van der Waals surface area contributed by atoms with Gasteiger partial charge in [0.25, 0.3) is 0 Å². The molecule has 8 heteroatoms. The first kappa shape index (κ1) is 21.2. The van der Waals surface area contributed by atoms with Crippen LogP contribution in [0.15, 0.2) is 18.2 Å². The van der Waals surface area contributed by atoms with Crippen LogP contribution >= 0.6 is 34.2 Å². The molecule has 6 nitrogen and oxygen atoms in total. The summed E-state index contributed by atoms with van der Waals surface area (Å²) in [6, 6.07) is 5.36. The standard InChI is InChI=1S/C18H22ClIO6/c1-9-10(2)17(24-12(4)22)18(26-16(9)8-23-11(3)21)25-15-6-5-13(20)7-14(15)19/h5-7,9-10,16-18H,8H2,1-4H3/t9-,10-,16?,17?,18-/m0/s1. The summed E-state index contributed by atoms with van der Waals surface area (Å²) in [6.45, 7) is 6.71. The highest BCUT2D eigenvalue weighted by Gasteiger charge is 2.45. The van der Waals surface area contributed by atoms with E-state index in [-0.39, 0.29) is 30.5 Å². The minimum atomic E-state index is -0.858. The molecule has 1 aliphatic rings. The maximum Gasteiger partial charge on any atom is 0.303 e. The molecule has 1 aromatic rings. The Labute approximate surface area is 171 Å². The number of rotatable bonds is 5. The predicted octanol–water partition coefficient (Wildman–Crippen LogP) is 3.82. The molecule has 2 unspecified atom stereocenters. The average molecular weight is 497 g/mol. The fourth-order valence-corrected chi connectivity index (χ4v) is 3.70. The molecule has 0 aromatic heterocycles. The molecule has 1 heterocycles. The highest BCUT2D eigenvalue weighted by molar-refractivity contribution is 14.1. The van der Waals surface area contributed by atoms with Gasteiger partial charge in [-0.2, -0.15) is 0 Å². The largest absolute Gasteiger partial charge is 0.463 e. The number of halogens is 2. The molecule has 0 radical (unpaired) electrons. The second-order valence-electron chi connectivity index (χ2n) is 6.33. The number of ether oxygens (including phenoxy) is 4. The van der Waals surface area contributed by atoms with Crippen LogP contribution in [0.5, 0.6) is 5.75 Å². The van der Waals surface area contributed by atoms with Gasteiger partial charge in [-0.05, 0) is 46.7 Å². The molecule has 144 valence electrons. The SMILES string of the molecule is CC(=O)OCC1O[C@H](Oc2ccc(I)cc2Cl)C(OC(C)=O)[C@@H](C)[C@@H]1C. The minimum Gasteiger partial charge on any atom is -0.463 e. The summed E-state index contributed by atoms with van der Waals surface area (Å²) in [6.07, 6.45) is -1.84. The van der Waals surface area contributed by atoms with Crippen LogP contribution in [0.1, 0.15) is 27.7 Å². The third kappa shape index (κ3) is 5.47. The van der Waals surface area contributed by atoms with Crippen LogP contribution in [0.4, 0.5) is 0 Å². The number of benzene rings is 1. The van der Waals surface area contributed by atoms with Gasteiger partial charge in [0, 0.05) is 23.3 Å². The van der Waals surface area contributed by atoms with Crippen molar-refractivity contribution >= 4 is 46.1 Å². The quantitative estimate of drug-likeness (QED) is 0.456. The lowest BCUT2D eigenvalue weighted by atomic mass is 9.83. The summed E-state index contributed by atoms with van der Waals surface area (Å²) in [5.41, 5.74) is 0. The third-order valence-corrected chi connectivity index (χ3v) is 5.37. The Kier molecular flexibility index (Phi) is 7.54. The van der Waals surface area contributed by atoms with Gasteiger partial charge < -0.3 is 18.9 Å². The number of carbonyl (C=O) groups is 2. The van der Waals surface area contributed by atoms with E-state index in [1.165, 1.54) is 13.8 Å². The van der Waals surface area contributed by atoms with Crippen LogP contribution in [0, 0.1) is 15.4 Å². The predicted molar refractivity (Wildman–Crippen MR) is 104 cm³/mol. The van der Waals surface area contributed by atoms with Gasteiger partial charge in [0.2, 0.25) is 6.29 Å². The van der Waals surface area contributed by atoms with E-state index >= 15 is 0 Å². The monoisotopic (exact) mass is 496 g/mol. The molecule has 1 aliphatic heterocycles.